The normalized spacial score (nSPS) is 18.9. The summed E-state index contributed by atoms with van der Waals surface area (Å²) in [5, 5.41) is 5.95. The third-order valence-electron chi connectivity index (χ3n) is 3.31. The van der Waals surface area contributed by atoms with Crippen LogP contribution in [0.4, 0.5) is 0 Å². The molecule has 1 fully saturated rings. The molecule has 0 unspecified atom stereocenters. The van der Waals surface area contributed by atoms with Gasteiger partial charge in [0.15, 0.2) is 0 Å². The monoisotopic (exact) mass is 309 g/mol. The highest BCUT2D eigenvalue weighted by molar-refractivity contribution is 7.13. The van der Waals surface area contributed by atoms with E-state index in [2.05, 4.69) is 5.10 Å². The molecule has 1 aliphatic rings. The van der Waals surface area contributed by atoms with Gasteiger partial charge in [0.2, 0.25) is 5.91 Å². The van der Waals surface area contributed by atoms with Gasteiger partial charge in [0.1, 0.15) is 6.54 Å². The Morgan fingerprint density at radius 2 is 2.43 bits per heavy atom. The third kappa shape index (κ3) is 2.91. The van der Waals surface area contributed by atoms with E-state index < -0.39 is 5.76 Å². The summed E-state index contributed by atoms with van der Waals surface area (Å²) < 4.78 is 11.4. The van der Waals surface area contributed by atoms with Crippen LogP contribution in [0.3, 0.4) is 0 Å². The second-order valence-electron chi connectivity index (χ2n) is 4.82. The molecule has 0 radical (unpaired) electrons. The van der Waals surface area contributed by atoms with Crippen molar-refractivity contribution in [1.29, 1.82) is 0 Å². The standard InChI is InChI=1S/C13H15N3O4S/c1-9-8-19-5-4-15(9)11(17)7-16-13(18)20-12(14-16)10-3-2-6-21-10/h2-3,6,9H,4-5,7-8H2,1H3/t9-/m0/s1. The van der Waals surface area contributed by atoms with Crippen molar-refractivity contribution in [3.8, 4) is 10.8 Å². The molecule has 1 atom stereocenters. The van der Waals surface area contributed by atoms with Crippen LogP contribution in [0.15, 0.2) is 26.7 Å². The summed E-state index contributed by atoms with van der Waals surface area (Å²) in [5.41, 5.74) is 0. The molecule has 3 rings (SSSR count). The van der Waals surface area contributed by atoms with Gasteiger partial charge >= 0.3 is 5.76 Å². The van der Waals surface area contributed by atoms with E-state index in [9.17, 15) is 9.59 Å². The van der Waals surface area contributed by atoms with Gasteiger partial charge in [-0.25, -0.2) is 4.79 Å². The first-order chi connectivity index (χ1) is 10.1. The van der Waals surface area contributed by atoms with Crippen molar-refractivity contribution in [2.75, 3.05) is 19.8 Å². The van der Waals surface area contributed by atoms with Crippen molar-refractivity contribution >= 4 is 17.2 Å². The van der Waals surface area contributed by atoms with E-state index in [4.69, 9.17) is 9.15 Å². The van der Waals surface area contributed by atoms with Crippen LogP contribution in [0.5, 0.6) is 0 Å². The molecule has 8 heteroatoms. The molecule has 0 aromatic carbocycles. The van der Waals surface area contributed by atoms with E-state index in [1.54, 1.807) is 4.90 Å². The lowest BCUT2D eigenvalue weighted by Crippen LogP contribution is -2.48. The maximum Gasteiger partial charge on any atom is 0.437 e. The van der Waals surface area contributed by atoms with Gasteiger partial charge in [0.05, 0.1) is 24.1 Å². The molecule has 0 saturated carbocycles. The molecule has 112 valence electrons. The molecule has 2 aromatic heterocycles. The molecule has 1 aliphatic heterocycles. The first kappa shape index (κ1) is 14.0. The molecule has 3 heterocycles. The number of rotatable bonds is 3. The third-order valence-corrected chi connectivity index (χ3v) is 4.17. The zero-order valence-corrected chi connectivity index (χ0v) is 12.3. The highest BCUT2D eigenvalue weighted by Crippen LogP contribution is 2.21. The first-order valence-electron chi connectivity index (χ1n) is 6.64. The van der Waals surface area contributed by atoms with Crippen LogP contribution in [0.25, 0.3) is 10.8 Å². The quantitative estimate of drug-likeness (QED) is 0.838. The number of hydrogen-bond donors (Lipinski definition) is 0. The predicted molar refractivity (Wildman–Crippen MR) is 76.1 cm³/mol. The molecule has 21 heavy (non-hydrogen) atoms. The lowest BCUT2D eigenvalue weighted by atomic mass is 10.2. The molecule has 0 N–H and O–H groups in total. The molecule has 1 saturated heterocycles. The van der Waals surface area contributed by atoms with E-state index in [1.807, 2.05) is 24.4 Å². The number of hydrogen-bond acceptors (Lipinski definition) is 6. The second-order valence-corrected chi connectivity index (χ2v) is 5.77. The minimum atomic E-state index is -0.618. The number of ether oxygens (including phenoxy) is 1. The van der Waals surface area contributed by atoms with Crippen LogP contribution in [0, 0.1) is 0 Å². The van der Waals surface area contributed by atoms with E-state index in [0.29, 0.717) is 19.8 Å². The summed E-state index contributed by atoms with van der Waals surface area (Å²) in [6.45, 7) is 3.37. The molecular weight excluding hydrogens is 294 g/mol. The van der Waals surface area contributed by atoms with Crippen molar-refractivity contribution in [2.24, 2.45) is 0 Å². The lowest BCUT2D eigenvalue weighted by molar-refractivity contribution is -0.140. The minimum absolute atomic E-state index is 0.00520. The molecular formula is C13H15N3O4S. The van der Waals surface area contributed by atoms with Crippen molar-refractivity contribution in [2.45, 2.75) is 19.5 Å². The van der Waals surface area contributed by atoms with Crippen LogP contribution in [-0.2, 0) is 16.1 Å². The maximum absolute atomic E-state index is 12.3. The summed E-state index contributed by atoms with van der Waals surface area (Å²) in [6, 6.07) is 3.66. The van der Waals surface area contributed by atoms with E-state index >= 15 is 0 Å². The molecule has 0 spiro atoms. The Labute approximate surface area is 124 Å². The van der Waals surface area contributed by atoms with Crippen LogP contribution in [0.2, 0.25) is 0 Å². The van der Waals surface area contributed by atoms with Crippen molar-refractivity contribution in [1.82, 2.24) is 14.7 Å². The number of morpholine rings is 1. The summed E-state index contributed by atoms with van der Waals surface area (Å²) in [7, 11) is 0. The largest absolute Gasteiger partial charge is 0.437 e. The van der Waals surface area contributed by atoms with E-state index in [0.717, 1.165) is 9.56 Å². The number of amides is 1. The summed E-state index contributed by atoms with van der Waals surface area (Å²) in [5.74, 6) is -0.524. The van der Waals surface area contributed by atoms with Gasteiger partial charge in [-0.15, -0.1) is 16.4 Å². The highest BCUT2D eigenvalue weighted by atomic mass is 32.1. The predicted octanol–water partition coefficient (Wildman–Crippen LogP) is 0.812. The Balaban J connectivity index is 1.76. The Bertz CT molecular complexity index is 676. The van der Waals surface area contributed by atoms with Crippen LogP contribution >= 0.6 is 11.3 Å². The number of carbonyl (C=O) groups is 1. The number of carbonyl (C=O) groups excluding carboxylic acids is 1. The Morgan fingerprint density at radius 3 is 3.14 bits per heavy atom. The minimum Gasteiger partial charge on any atom is -0.387 e. The molecule has 0 aliphatic carbocycles. The summed E-state index contributed by atoms with van der Waals surface area (Å²) >= 11 is 1.43. The van der Waals surface area contributed by atoms with Gasteiger partial charge in [-0.05, 0) is 18.4 Å². The van der Waals surface area contributed by atoms with Gasteiger partial charge in [0.25, 0.3) is 5.89 Å². The zero-order chi connectivity index (χ0) is 14.8. The average Bonchev–Trinajstić information content (AvgIpc) is 3.10. The van der Waals surface area contributed by atoms with Gasteiger partial charge in [-0.2, -0.15) is 4.68 Å². The Morgan fingerprint density at radius 1 is 1.57 bits per heavy atom. The summed E-state index contributed by atoms with van der Waals surface area (Å²) in [4.78, 5) is 26.5. The molecule has 0 bridgehead atoms. The van der Waals surface area contributed by atoms with Crippen molar-refractivity contribution < 1.29 is 13.9 Å². The SMILES string of the molecule is C[C@H]1COCCN1C(=O)Cn1nc(-c2cccs2)oc1=O. The van der Waals surface area contributed by atoms with Gasteiger partial charge in [0, 0.05) is 6.54 Å². The van der Waals surface area contributed by atoms with Gasteiger partial charge in [-0.1, -0.05) is 6.07 Å². The number of nitrogens with zero attached hydrogens (tertiary/aromatic N) is 3. The Kier molecular flexibility index (Phi) is 3.89. The van der Waals surface area contributed by atoms with E-state index in [-0.39, 0.29) is 24.4 Å². The average molecular weight is 309 g/mol. The number of thiophene rings is 1. The van der Waals surface area contributed by atoms with Crippen LogP contribution in [-0.4, -0.2) is 46.4 Å². The van der Waals surface area contributed by atoms with E-state index in [1.165, 1.54) is 11.3 Å². The number of aromatic nitrogens is 2. The van der Waals surface area contributed by atoms with Crippen LogP contribution in [0.1, 0.15) is 6.92 Å². The van der Waals surface area contributed by atoms with Gasteiger partial charge in [-0.3, -0.25) is 4.79 Å². The first-order valence-corrected chi connectivity index (χ1v) is 7.52. The van der Waals surface area contributed by atoms with Crippen LogP contribution < -0.4 is 5.76 Å². The van der Waals surface area contributed by atoms with Crippen molar-refractivity contribution in [3.05, 3.63) is 28.1 Å². The lowest BCUT2D eigenvalue weighted by Gasteiger charge is -2.33. The zero-order valence-electron chi connectivity index (χ0n) is 11.5. The smallest absolute Gasteiger partial charge is 0.387 e. The molecule has 7 nitrogen and oxygen atoms in total. The molecule has 1 amide bonds. The highest BCUT2D eigenvalue weighted by Gasteiger charge is 2.25. The Hall–Kier alpha value is -1.93. The molecule has 2 aromatic rings. The summed E-state index contributed by atoms with van der Waals surface area (Å²) in [6.07, 6.45) is 0. The fourth-order valence-electron chi connectivity index (χ4n) is 2.22. The topological polar surface area (TPSA) is 77.6 Å². The fraction of sp³-hybridized carbons (Fsp3) is 0.462. The second kappa shape index (κ2) is 5.82. The van der Waals surface area contributed by atoms with Gasteiger partial charge < -0.3 is 14.1 Å². The fourth-order valence-corrected chi connectivity index (χ4v) is 2.87. The maximum atomic E-state index is 12.3. The van der Waals surface area contributed by atoms with Crippen molar-refractivity contribution in [3.63, 3.8) is 0 Å².